The summed E-state index contributed by atoms with van der Waals surface area (Å²) >= 11 is 0. The highest BCUT2D eigenvalue weighted by atomic mass is 19.1. The fourth-order valence-electron chi connectivity index (χ4n) is 1.68. The van der Waals surface area contributed by atoms with Gasteiger partial charge in [0.2, 0.25) is 0 Å². The summed E-state index contributed by atoms with van der Waals surface area (Å²) in [6.07, 6.45) is 0. The van der Waals surface area contributed by atoms with Gasteiger partial charge in [-0.15, -0.1) is 0 Å². The van der Waals surface area contributed by atoms with Crippen molar-refractivity contribution in [1.29, 1.82) is 5.26 Å². The van der Waals surface area contributed by atoms with Crippen LogP contribution in [-0.4, -0.2) is 7.05 Å². The van der Waals surface area contributed by atoms with Crippen LogP contribution in [0.15, 0.2) is 48.5 Å². The number of halogens is 1. The average molecular weight is 226 g/mol. The van der Waals surface area contributed by atoms with Crippen LogP contribution in [0, 0.1) is 17.1 Å². The molecule has 0 N–H and O–H groups in total. The van der Waals surface area contributed by atoms with Crippen molar-refractivity contribution < 1.29 is 4.39 Å². The third kappa shape index (κ3) is 2.26. The van der Waals surface area contributed by atoms with Gasteiger partial charge in [0.05, 0.1) is 11.3 Å². The molecule has 17 heavy (non-hydrogen) atoms. The first-order valence-electron chi connectivity index (χ1n) is 5.21. The molecule has 0 fully saturated rings. The van der Waals surface area contributed by atoms with Gasteiger partial charge in [0.15, 0.2) is 0 Å². The minimum Gasteiger partial charge on any atom is -0.343 e. The lowest BCUT2D eigenvalue weighted by molar-refractivity contribution is 0.628. The number of nitrogens with zero attached hydrogens (tertiary/aromatic N) is 2. The number of rotatable bonds is 2. The topological polar surface area (TPSA) is 27.0 Å². The van der Waals surface area contributed by atoms with Crippen molar-refractivity contribution in [3.8, 4) is 6.07 Å². The van der Waals surface area contributed by atoms with Crippen LogP contribution >= 0.6 is 0 Å². The summed E-state index contributed by atoms with van der Waals surface area (Å²) in [5.41, 5.74) is 2.05. The Labute approximate surface area is 99.5 Å². The van der Waals surface area contributed by atoms with Crippen LogP contribution in [0.25, 0.3) is 0 Å². The minimum atomic E-state index is -0.288. The minimum absolute atomic E-state index is 0.288. The van der Waals surface area contributed by atoms with Gasteiger partial charge in [0.1, 0.15) is 11.9 Å². The Bertz CT molecular complexity index is 572. The summed E-state index contributed by atoms with van der Waals surface area (Å²) in [6, 6.07) is 15.7. The molecule has 0 amide bonds. The number of hydrogen-bond donors (Lipinski definition) is 0. The van der Waals surface area contributed by atoms with Crippen LogP contribution in [0.5, 0.6) is 0 Å². The molecule has 2 aromatic rings. The van der Waals surface area contributed by atoms with E-state index in [-0.39, 0.29) is 5.82 Å². The monoisotopic (exact) mass is 226 g/mol. The third-order valence-corrected chi connectivity index (χ3v) is 2.58. The van der Waals surface area contributed by atoms with Crippen molar-refractivity contribution in [2.24, 2.45) is 0 Å². The summed E-state index contributed by atoms with van der Waals surface area (Å²) in [6.45, 7) is 0. The molecule has 2 rings (SSSR count). The molecule has 0 unspecified atom stereocenters. The van der Waals surface area contributed by atoms with Gasteiger partial charge in [0.25, 0.3) is 0 Å². The van der Waals surface area contributed by atoms with Gasteiger partial charge in [-0.3, -0.25) is 0 Å². The van der Waals surface area contributed by atoms with Crippen molar-refractivity contribution in [2.45, 2.75) is 0 Å². The van der Waals surface area contributed by atoms with Crippen molar-refractivity contribution in [3.63, 3.8) is 0 Å². The zero-order valence-corrected chi connectivity index (χ0v) is 9.39. The quantitative estimate of drug-likeness (QED) is 0.784. The molecule has 0 saturated carbocycles. The molecule has 3 heteroatoms. The molecule has 2 nitrogen and oxygen atoms in total. The second-order valence-electron chi connectivity index (χ2n) is 3.67. The maximum absolute atomic E-state index is 13.1. The largest absolute Gasteiger partial charge is 0.343 e. The number of nitriles is 1. The van der Waals surface area contributed by atoms with Gasteiger partial charge >= 0.3 is 0 Å². The Kier molecular flexibility index (Phi) is 3.06. The standard InChI is InChI=1S/C14H11FN2/c1-17(13-7-4-6-12(15)9-13)14-8-3-2-5-11(14)10-16/h2-9H,1H3. The highest BCUT2D eigenvalue weighted by Gasteiger charge is 2.08. The Morgan fingerprint density at radius 3 is 2.59 bits per heavy atom. The molecule has 0 atom stereocenters. The van der Waals surface area contributed by atoms with E-state index in [1.807, 2.05) is 25.2 Å². The Morgan fingerprint density at radius 2 is 1.88 bits per heavy atom. The summed E-state index contributed by atoms with van der Waals surface area (Å²) < 4.78 is 13.1. The molecular weight excluding hydrogens is 215 g/mol. The van der Waals surface area contributed by atoms with Crippen LogP contribution in [0.2, 0.25) is 0 Å². The van der Waals surface area contributed by atoms with E-state index >= 15 is 0 Å². The Morgan fingerprint density at radius 1 is 1.12 bits per heavy atom. The zero-order valence-electron chi connectivity index (χ0n) is 9.39. The van der Waals surface area contributed by atoms with Crippen molar-refractivity contribution in [2.75, 3.05) is 11.9 Å². The highest BCUT2D eigenvalue weighted by Crippen LogP contribution is 2.26. The molecule has 84 valence electrons. The normalized spacial score (nSPS) is 9.71. The molecule has 0 aromatic heterocycles. The lowest BCUT2D eigenvalue weighted by atomic mass is 10.1. The van der Waals surface area contributed by atoms with Crippen LogP contribution < -0.4 is 4.90 Å². The molecule has 0 heterocycles. The Balaban J connectivity index is 2.44. The fourth-order valence-corrected chi connectivity index (χ4v) is 1.68. The molecule has 0 aliphatic rings. The predicted molar refractivity (Wildman–Crippen MR) is 65.6 cm³/mol. The van der Waals surface area contributed by atoms with Crippen molar-refractivity contribution >= 4 is 11.4 Å². The van der Waals surface area contributed by atoms with Crippen molar-refractivity contribution in [3.05, 3.63) is 59.9 Å². The van der Waals surface area contributed by atoms with E-state index < -0.39 is 0 Å². The zero-order chi connectivity index (χ0) is 12.3. The van der Waals surface area contributed by atoms with E-state index in [4.69, 9.17) is 5.26 Å². The predicted octanol–water partition coefficient (Wildman–Crippen LogP) is 3.47. The SMILES string of the molecule is CN(c1cccc(F)c1)c1ccccc1C#N. The van der Waals surface area contributed by atoms with E-state index in [2.05, 4.69) is 6.07 Å². The molecule has 0 radical (unpaired) electrons. The summed E-state index contributed by atoms with van der Waals surface area (Å²) in [5.74, 6) is -0.288. The van der Waals surface area contributed by atoms with Gasteiger partial charge in [-0.05, 0) is 30.3 Å². The fraction of sp³-hybridized carbons (Fsp3) is 0.0714. The molecular formula is C14H11FN2. The van der Waals surface area contributed by atoms with E-state index in [1.165, 1.54) is 12.1 Å². The molecule has 0 saturated heterocycles. The number of benzene rings is 2. The summed E-state index contributed by atoms with van der Waals surface area (Å²) in [4.78, 5) is 1.79. The van der Waals surface area contributed by atoms with Gasteiger partial charge in [-0.2, -0.15) is 5.26 Å². The molecule has 2 aromatic carbocycles. The van der Waals surface area contributed by atoms with Crippen molar-refractivity contribution in [1.82, 2.24) is 0 Å². The lowest BCUT2D eigenvalue weighted by Gasteiger charge is -2.20. The highest BCUT2D eigenvalue weighted by molar-refractivity contribution is 5.68. The number of anilines is 2. The first-order valence-corrected chi connectivity index (χ1v) is 5.21. The van der Waals surface area contributed by atoms with E-state index in [0.29, 0.717) is 11.3 Å². The summed E-state index contributed by atoms with van der Waals surface area (Å²) in [5, 5.41) is 9.02. The second kappa shape index (κ2) is 4.67. The smallest absolute Gasteiger partial charge is 0.125 e. The third-order valence-electron chi connectivity index (χ3n) is 2.58. The average Bonchev–Trinajstić information content (AvgIpc) is 2.38. The van der Waals surface area contributed by atoms with Crippen LogP contribution in [0.3, 0.4) is 0 Å². The molecule has 0 aliphatic heterocycles. The molecule has 0 aliphatic carbocycles. The first-order chi connectivity index (χ1) is 8.22. The Hall–Kier alpha value is -2.34. The second-order valence-corrected chi connectivity index (χ2v) is 3.67. The van der Waals surface area contributed by atoms with E-state index in [1.54, 1.807) is 23.1 Å². The molecule has 0 spiro atoms. The maximum Gasteiger partial charge on any atom is 0.125 e. The van der Waals surface area contributed by atoms with Crippen LogP contribution in [0.4, 0.5) is 15.8 Å². The lowest BCUT2D eigenvalue weighted by Crippen LogP contribution is -2.11. The number of hydrogen-bond acceptors (Lipinski definition) is 2. The van der Waals surface area contributed by atoms with Gasteiger partial charge in [0, 0.05) is 12.7 Å². The van der Waals surface area contributed by atoms with Gasteiger partial charge in [-0.1, -0.05) is 18.2 Å². The molecule has 0 bridgehead atoms. The van der Waals surface area contributed by atoms with E-state index in [0.717, 1.165) is 5.69 Å². The summed E-state index contributed by atoms with van der Waals surface area (Å²) in [7, 11) is 1.81. The van der Waals surface area contributed by atoms with Crippen LogP contribution in [-0.2, 0) is 0 Å². The van der Waals surface area contributed by atoms with Crippen LogP contribution in [0.1, 0.15) is 5.56 Å². The van der Waals surface area contributed by atoms with Gasteiger partial charge < -0.3 is 4.90 Å². The van der Waals surface area contributed by atoms with E-state index in [9.17, 15) is 4.39 Å². The maximum atomic E-state index is 13.1. The van der Waals surface area contributed by atoms with Gasteiger partial charge in [-0.25, -0.2) is 4.39 Å². The first kappa shape index (κ1) is 11.2. The number of para-hydroxylation sites is 1.